The molecule has 0 aromatic heterocycles. The summed E-state index contributed by atoms with van der Waals surface area (Å²) in [5.41, 5.74) is 0.924. The molecule has 6 heteroatoms. The van der Waals surface area contributed by atoms with Gasteiger partial charge in [-0.25, -0.2) is 0 Å². The Hall–Kier alpha value is -0.970. The Morgan fingerprint density at radius 3 is 2.67 bits per heavy atom. The number of carbonyl (C=O) groups excluding carboxylic acids is 1. The second-order valence-electron chi connectivity index (χ2n) is 4.90. The van der Waals surface area contributed by atoms with Crippen molar-refractivity contribution in [1.29, 1.82) is 0 Å². The predicted octanol–water partition coefficient (Wildman–Crippen LogP) is 3.35. The van der Waals surface area contributed by atoms with Crippen LogP contribution in [0.2, 0.25) is 10.0 Å². The van der Waals surface area contributed by atoms with Crippen LogP contribution in [0, 0.1) is 0 Å². The van der Waals surface area contributed by atoms with Gasteiger partial charge in [-0.05, 0) is 25.1 Å². The minimum atomic E-state index is 0.0914. The Bertz CT molecular complexity index is 479. The van der Waals surface area contributed by atoms with E-state index in [4.69, 9.17) is 27.9 Å². The summed E-state index contributed by atoms with van der Waals surface area (Å²) in [6.07, 6.45) is 1.11. The number of halogens is 2. The lowest BCUT2D eigenvalue weighted by Crippen LogP contribution is -2.21. The fourth-order valence-corrected chi connectivity index (χ4v) is 2.38. The van der Waals surface area contributed by atoms with Gasteiger partial charge < -0.3 is 15.0 Å². The topological polar surface area (TPSA) is 41.6 Å². The van der Waals surface area contributed by atoms with Gasteiger partial charge in [-0.3, -0.25) is 4.79 Å². The number of ether oxygens (including phenoxy) is 1. The average molecular weight is 333 g/mol. The van der Waals surface area contributed by atoms with Crippen molar-refractivity contribution in [2.75, 3.05) is 27.2 Å². The second-order valence-corrected chi connectivity index (χ2v) is 5.74. The van der Waals surface area contributed by atoms with E-state index in [2.05, 4.69) is 5.32 Å². The van der Waals surface area contributed by atoms with Crippen molar-refractivity contribution < 1.29 is 9.53 Å². The fourth-order valence-electron chi connectivity index (χ4n) is 1.79. The van der Waals surface area contributed by atoms with Gasteiger partial charge in [0.15, 0.2) is 0 Å². The zero-order valence-corrected chi connectivity index (χ0v) is 14.2. The van der Waals surface area contributed by atoms with E-state index in [1.807, 2.05) is 13.0 Å². The summed E-state index contributed by atoms with van der Waals surface area (Å²) in [7, 11) is 3.49. The first-order valence-electron chi connectivity index (χ1n) is 6.97. The molecule has 1 rings (SSSR count). The molecule has 1 aromatic rings. The van der Waals surface area contributed by atoms with Crippen LogP contribution in [0.25, 0.3) is 0 Å². The maximum absolute atomic E-state index is 11.5. The van der Waals surface area contributed by atoms with Gasteiger partial charge >= 0.3 is 0 Å². The molecular formula is C15H22Cl2N2O2. The number of nitrogens with one attached hydrogen (secondary N) is 1. The molecule has 4 nitrogen and oxygen atoms in total. The number of benzene rings is 1. The van der Waals surface area contributed by atoms with Crippen LogP contribution in [-0.4, -0.2) is 38.1 Å². The highest BCUT2D eigenvalue weighted by Crippen LogP contribution is 2.32. The van der Waals surface area contributed by atoms with Gasteiger partial charge in [0.25, 0.3) is 0 Å². The van der Waals surface area contributed by atoms with Crippen LogP contribution >= 0.6 is 23.2 Å². The molecule has 1 N–H and O–H groups in total. The summed E-state index contributed by atoms with van der Waals surface area (Å²) < 4.78 is 5.75. The second kappa shape index (κ2) is 9.13. The molecule has 0 aliphatic rings. The van der Waals surface area contributed by atoms with Gasteiger partial charge in [-0.1, -0.05) is 30.1 Å². The van der Waals surface area contributed by atoms with E-state index in [0.29, 0.717) is 41.8 Å². The Balaban J connectivity index is 2.62. The highest BCUT2D eigenvalue weighted by atomic mass is 35.5. The minimum absolute atomic E-state index is 0.0914. The molecule has 0 saturated carbocycles. The van der Waals surface area contributed by atoms with E-state index >= 15 is 0 Å². The van der Waals surface area contributed by atoms with Crippen molar-refractivity contribution in [3.63, 3.8) is 0 Å². The van der Waals surface area contributed by atoms with Crippen LogP contribution in [-0.2, 0) is 11.3 Å². The third-order valence-corrected chi connectivity index (χ3v) is 3.43. The summed E-state index contributed by atoms with van der Waals surface area (Å²) in [5, 5.41) is 4.31. The average Bonchev–Trinajstić information content (AvgIpc) is 2.42. The largest absolute Gasteiger partial charge is 0.492 e. The van der Waals surface area contributed by atoms with Crippen molar-refractivity contribution in [3.05, 3.63) is 27.7 Å². The maximum atomic E-state index is 11.5. The first-order chi connectivity index (χ1) is 9.95. The Morgan fingerprint density at radius 2 is 2.05 bits per heavy atom. The molecule has 1 aromatic carbocycles. The Kier molecular flexibility index (Phi) is 7.86. The summed E-state index contributed by atoms with van der Waals surface area (Å²) in [5.74, 6) is 0.730. The first-order valence-corrected chi connectivity index (χ1v) is 7.72. The molecule has 0 unspecified atom stereocenters. The SMILES string of the molecule is CCNCc1cc(Cl)cc(Cl)c1OCCCC(=O)N(C)C. The van der Waals surface area contributed by atoms with Crippen LogP contribution < -0.4 is 10.1 Å². The fraction of sp³-hybridized carbons (Fsp3) is 0.533. The highest BCUT2D eigenvalue weighted by molar-refractivity contribution is 6.35. The van der Waals surface area contributed by atoms with E-state index < -0.39 is 0 Å². The zero-order valence-electron chi connectivity index (χ0n) is 12.7. The van der Waals surface area contributed by atoms with Gasteiger partial charge in [-0.15, -0.1) is 0 Å². The van der Waals surface area contributed by atoms with Gasteiger partial charge in [0, 0.05) is 37.6 Å². The smallest absolute Gasteiger partial charge is 0.222 e. The molecule has 0 aliphatic carbocycles. The molecule has 0 aliphatic heterocycles. The molecule has 21 heavy (non-hydrogen) atoms. The van der Waals surface area contributed by atoms with Gasteiger partial charge in [0.05, 0.1) is 11.6 Å². The minimum Gasteiger partial charge on any atom is -0.492 e. The van der Waals surface area contributed by atoms with E-state index in [-0.39, 0.29) is 5.91 Å². The number of rotatable bonds is 8. The van der Waals surface area contributed by atoms with E-state index in [0.717, 1.165) is 12.1 Å². The molecule has 0 atom stereocenters. The predicted molar refractivity (Wildman–Crippen MR) is 87.3 cm³/mol. The van der Waals surface area contributed by atoms with Crippen molar-refractivity contribution >= 4 is 29.1 Å². The van der Waals surface area contributed by atoms with Gasteiger partial charge in [0.2, 0.25) is 5.91 Å². The third kappa shape index (κ3) is 6.12. The van der Waals surface area contributed by atoms with Gasteiger partial charge in [0.1, 0.15) is 5.75 Å². The standard InChI is InChI=1S/C15H22Cl2N2O2/c1-4-18-10-11-8-12(16)9-13(17)15(11)21-7-5-6-14(20)19(2)3/h8-9,18H,4-7,10H2,1-3H3. The van der Waals surface area contributed by atoms with Crippen LogP contribution in [0.15, 0.2) is 12.1 Å². The quantitative estimate of drug-likeness (QED) is 0.742. The van der Waals surface area contributed by atoms with Crippen LogP contribution in [0.3, 0.4) is 0 Å². The maximum Gasteiger partial charge on any atom is 0.222 e. The van der Waals surface area contributed by atoms with Crippen molar-refractivity contribution in [2.45, 2.75) is 26.3 Å². The van der Waals surface area contributed by atoms with Crippen LogP contribution in [0.1, 0.15) is 25.3 Å². The Morgan fingerprint density at radius 1 is 1.33 bits per heavy atom. The lowest BCUT2D eigenvalue weighted by molar-refractivity contribution is -0.128. The Labute approximate surface area is 136 Å². The number of amides is 1. The normalized spacial score (nSPS) is 10.5. The van der Waals surface area contributed by atoms with Crippen LogP contribution in [0.4, 0.5) is 0 Å². The lowest BCUT2D eigenvalue weighted by atomic mass is 10.2. The molecule has 0 spiro atoms. The van der Waals surface area contributed by atoms with Crippen LogP contribution in [0.5, 0.6) is 5.75 Å². The monoisotopic (exact) mass is 332 g/mol. The molecule has 0 radical (unpaired) electrons. The number of carbonyl (C=O) groups is 1. The van der Waals surface area contributed by atoms with Gasteiger partial charge in [-0.2, -0.15) is 0 Å². The zero-order chi connectivity index (χ0) is 15.8. The highest BCUT2D eigenvalue weighted by Gasteiger charge is 2.11. The molecule has 0 heterocycles. The molecule has 0 fully saturated rings. The summed E-state index contributed by atoms with van der Waals surface area (Å²) in [6.45, 7) is 3.96. The van der Waals surface area contributed by atoms with E-state index in [1.165, 1.54) is 0 Å². The molecule has 118 valence electrons. The summed E-state index contributed by atoms with van der Waals surface area (Å²) in [4.78, 5) is 13.1. The van der Waals surface area contributed by atoms with E-state index in [1.54, 1.807) is 25.1 Å². The van der Waals surface area contributed by atoms with Crippen molar-refractivity contribution in [1.82, 2.24) is 10.2 Å². The molecule has 0 saturated heterocycles. The summed E-state index contributed by atoms with van der Waals surface area (Å²) >= 11 is 12.2. The molecule has 0 bridgehead atoms. The summed E-state index contributed by atoms with van der Waals surface area (Å²) in [6, 6.07) is 3.51. The number of nitrogens with zero attached hydrogens (tertiary/aromatic N) is 1. The van der Waals surface area contributed by atoms with Crippen molar-refractivity contribution in [3.8, 4) is 5.75 Å². The van der Waals surface area contributed by atoms with E-state index in [9.17, 15) is 4.79 Å². The third-order valence-electron chi connectivity index (χ3n) is 2.93. The lowest BCUT2D eigenvalue weighted by Gasteiger charge is -2.15. The molecule has 1 amide bonds. The molecular weight excluding hydrogens is 311 g/mol. The first kappa shape index (κ1) is 18.1. The van der Waals surface area contributed by atoms with Crippen molar-refractivity contribution in [2.24, 2.45) is 0 Å². The number of hydrogen-bond donors (Lipinski definition) is 1. The number of hydrogen-bond acceptors (Lipinski definition) is 3.